The maximum atomic E-state index is 11.6. The summed E-state index contributed by atoms with van der Waals surface area (Å²) in [5.41, 5.74) is 0.141. The first kappa shape index (κ1) is 11.1. The van der Waals surface area contributed by atoms with Crippen LogP contribution < -0.4 is 10.1 Å². The second kappa shape index (κ2) is 5.05. The van der Waals surface area contributed by atoms with Crippen molar-refractivity contribution in [2.45, 2.75) is 0 Å². The van der Waals surface area contributed by atoms with Gasteiger partial charge in [-0.05, 0) is 12.1 Å². The average molecular weight is 207 g/mol. The minimum Gasteiger partial charge on any atom is -0.507 e. The van der Waals surface area contributed by atoms with Gasteiger partial charge in [-0.3, -0.25) is 4.79 Å². The minimum absolute atomic E-state index is 0.101. The van der Waals surface area contributed by atoms with E-state index in [9.17, 15) is 9.90 Å². The van der Waals surface area contributed by atoms with Crippen molar-refractivity contribution < 1.29 is 14.6 Å². The molecule has 4 heteroatoms. The fourth-order valence-corrected chi connectivity index (χ4v) is 1.17. The standard InChI is InChI=1S/C11H13NO3/c1-3-7-12-11(14)10-8(13)5-4-6-9(10)15-2/h3-6,13H,1,7H2,2H3,(H,12,14). The van der Waals surface area contributed by atoms with E-state index in [1.165, 1.54) is 13.2 Å². The lowest BCUT2D eigenvalue weighted by molar-refractivity contribution is 0.0952. The molecule has 0 atom stereocenters. The summed E-state index contributed by atoms with van der Waals surface area (Å²) in [7, 11) is 1.44. The Balaban J connectivity index is 3.00. The van der Waals surface area contributed by atoms with E-state index in [4.69, 9.17) is 4.74 Å². The predicted octanol–water partition coefficient (Wildman–Crippen LogP) is 1.32. The largest absolute Gasteiger partial charge is 0.507 e. The highest BCUT2D eigenvalue weighted by atomic mass is 16.5. The smallest absolute Gasteiger partial charge is 0.259 e. The molecule has 80 valence electrons. The normalized spacial score (nSPS) is 9.40. The van der Waals surface area contributed by atoms with E-state index >= 15 is 0 Å². The lowest BCUT2D eigenvalue weighted by atomic mass is 10.1. The molecule has 1 rings (SSSR count). The zero-order valence-corrected chi connectivity index (χ0v) is 8.49. The van der Waals surface area contributed by atoms with Crippen molar-refractivity contribution in [2.75, 3.05) is 13.7 Å². The van der Waals surface area contributed by atoms with Crippen LogP contribution in [-0.4, -0.2) is 24.7 Å². The Bertz CT molecular complexity index is 374. The molecule has 0 unspecified atom stereocenters. The van der Waals surface area contributed by atoms with Crippen molar-refractivity contribution in [3.8, 4) is 11.5 Å². The number of methoxy groups -OCH3 is 1. The molecule has 1 aromatic rings. The van der Waals surface area contributed by atoms with Crippen molar-refractivity contribution in [2.24, 2.45) is 0 Å². The molecule has 0 aliphatic rings. The molecule has 0 aromatic heterocycles. The fraction of sp³-hybridized carbons (Fsp3) is 0.182. The van der Waals surface area contributed by atoms with Crippen LogP contribution in [0.2, 0.25) is 0 Å². The van der Waals surface area contributed by atoms with E-state index in [1.807, 2.05) is 0 Å². The Morgan fingerprint density at radius 1 is 1.67 bits per heavy atom. The maximum Gasteiger partial charge on any atom is 0.259 e. The molecule has 0 fully saturated rings. The predicted molar refractivity (Wildman–Crippen MR) is 57.2 cm³/mol. The second-order valence-corrected chi connectivity index (χ2v) is 2.85. The Kier molecular flexibility index (Phi) is 3.74. The highest BCUT2D eigenvalue weighted by molar-refractivity contribution is 5.99. The van der Waals surface area contributed by atoms with Gasteiger partial charge in [0.2, 0.25) is 0 Å². The van der Waals surface area contributed by atoms with Gasteiger partial charge in [-0.1, -0.05) is 12.1 Å². The Morgan fingerprint density at radius 2 is 2.40 bits per heavy atom. The molecule has 0 saturated heterocycles. The number of hydrogen-bond acceptors (Lipinski definition) is 3. The number of nitrogens with one attached hydrogen (secondary N) is 1. The number of amides is 1. The van der Waals surface area contributed by atoms with Crippen LogP contribution >= 0.6 is 0 Å². The summed E-state index contributed by atoms with van der Waals surface area (Å²) in [4.78, 5) is 11.6. The molecule has 0 saturated carbocycles. The van der Waals surface area contributed by atoms with Crippen molar-refractivity contribution >= 4 is 5.91 Å². The lowest BCUT2D eigenvalue weighted by Crippen LogP contribution is -2.23. The molecule has 4 nitrogen and oxygen atoms in total. The van der Waals surface area contributed by atoms with E-state index in [-0.39, 0.29) is 17.2 Å². The van der Waals surface area contributed by atoms with Crippen LogP contribution in [0.15, 0.2) is 30.9 Å². The number of benzene rings is 1. The summed E-state index contributed by atoms with van der Waals surface area (Å²) in [6, 6.07) is 4.66. The van der Waals surface area contributed by atoms with Gasteiger partial charge >= 0.3 is 0 Å². The number of aromatic hydroxyl groups is 1. The molecule has 0 bridgehead atoms. The number of hydrogen-bond donors (Lipinski definition) is 2. The van der Waals surface area contributed by atoms with Crippen LogP contribution in [0.25, 0.3) is 0 Å². The van der Waals surface area contributed by atoms with Gasteiger partial charge in [0.1, 0.15) is 17.1 Å². The van der Waals surface area contributed by atoms with E-state index < -0.39 is 0 Å². The average Bonchev–Trinajstić information content (AvgIpc) is 2.25. The van der Waals surface area contributed by atoms with Crippen LogP contribution in [0.1, 0.15) is 10.4 Å². The monoisotopic (exact) mass is 207 g/mol. The molecule has 1 amide bonds. The van der Waals surface area contributed by atoms with Gasteiger partial charge in [0.05, 0.1) is 7.11 Å². The van der Waals surface area contributed by atoms with E-state index in [1.54, 1.807) is 18.2 Å². The van der Waals surface area contributed by atoms with Crippen molar-refractivity contribution in [3.63, 3.8) is 0 Å². The number of carbonyl (C=O) groups is 1. The first-order valence-corrected chi connectivity index (χ1v) is 4.45. The van der Waals surface area contributed by atoms with E-state index in [0.717, 1.165) is 0 Å². The molecule has 15 heavy (non-hydrogen) atoms. The van der Waals surface area contributed by atoms with Crippen LogP contribution in [-0.2, 0) is 0 Å². The van der Waals surface area contributed by atoms with E-state index in [0.29, 0.717) is 12.3 Å². The van der Waals surface area contributed by atoms with Gasteiger partial charge in [0.25, 0.3) is 5.91 Å². The number of phenolic OH excluding ortho intramolecular Hbond substituents is 1. The molecular formula is C11H13NO3. The van der Waals surface area contributed by atoms with Crippen molar-refractivity contribution in [1.82, 2.24) is 5.32 Å². The fourth-order valence-electron chi connectivity index (χ4n) is 1.17. The number of ether oxygens (including phenoxy) is 1. The van der Waals surface area contributed by atoms with Crippen LogP contribution in [0.5, 0.6) is 11.5 Å². The summed E-state index contributed by atoms with van der Waals surface area (Å²) in [5.74, 6) is -0.141. The number of carbonyl (C=O) groups excluding carboxylic acids is 1. The van der Waals surface area contributed by atoms with Crippen LogP contribution in [0.3, 0.4) is 0 Å². The van der Waals surface area contributed by atoms with Gasteiger partial charge in [0, 0.05) is 6.54 Å². The minimum atomic E-state index is -0.384. The van der Waals surface area contributed by atoms with Crippen LogP contribution in [0.4, 0.5) is 0 Å². The first-order valence-electron chi connectivity index (χ1n) is 4.45. The second-order valence-electron chi connectivity index (χ2n) is 2.85. The van der Waals surface area contributed by atoms with Crippen molar-refractivity contribution in [3.05, 3.63) is 36.4 Å². The molecule has 0 radical (unpaired) electrons. The summed E-state index contributed by atoms with van der Waals surface area (Å²) < 4.78 is 4.98. The van der Waals surface area contributed by atoms with Gasteiger partial charge in [-0.2, -0.15) is 0 Å². The van der Waals surface area contributed by atoms with E-state index in [2.05, 4.69) is 11.9 Å². The molecule has 0 heterocycles. The summed E-state index contributed by atoms with van der Waals surface area (Å²) >= 11 is 0. The summed E-state index contributed by atoms with van der Waals surface area (Å²) in [6.07, 6.45) is 1.56. The molecule has 1 aromatic carbocycles. The quantitative estimate of drug-likeness (QED) is 0.732. The highest BCUT2D eigenvalue weighted by Gasteiger charge is 2.15. The molecular weight excluding hydrogens is 194 g/mol. The van der Waals surface area contributed by atoms with Gasteiger partial charge in [-0.15, -0.1) is 6.58 Å². The Morgan fingerprint density at radius 3 is 3.00 bits per heavy atom. The van der Waals surface area contributed by atoms with Gasteiger partial charge in [-0.25, -0.2) is 0 Å². The Hall–Kier alpha value is -1.97. The summed E-state index contributed by atoms with van der Waals surface area (Å²) in [6.45, 7) is 3.83. The topological polar surface area (TPSA) is 58.6 Å². The lowest BCUT2D eigenvalue weighted by Gasteiger charge is -2.09. The number of rotatable bonds is 4. The number of phenols is 1. The SMILES string of the molecule is C=CCNC(=O)c1c(O)cccc1OC. The molecule has 0 aliphatic heterocycles. The maximum absolute atomic E-state index is 11.6. The third kappa shape index (κ3) is 2.49. The van der Waals surface area contributed by atoms with Gasteiger partial charge < -0.3 is 15.2 Å². The summed E-state index contributed by atoms with van der Waals surface area (Å²) in [5, 5.41) is 12.1. The molecule has 0 aliphatic carbocycles. The Labute approximate surface area is 88.2 Å². The molecule has 0 spiro atoms. The third-order valence-corrected chi connectivity index (χ3v) is 1.86. The zero-order valence-electron chi connectivity index (χ0n) is 8.49. The first-order chi connectivity index (χ1) is 7.20. The highest BCUT2D eigenvalue weighted by Crippen LogP contribution is 2.26. The third-order valence-electron chi connectivity index (χ3n) is 1.86. The van der Waals surface area contributed by atoms with Crippen LogP contribution in [0, 0.1) is 0 Å². The van der Waals surface area contributed by atoms with Gasteiger partial charge in [0.15, 0.2) is 0 Å². The molecule has 2 N–H and O–H groups in total. The zero-order chi connectivity index (χ0) is 11.3. The van der Waals surface area contributed by atoms with Crippen molar-refractivity contribution in [1.29, 1.82) is 0 Å².